The van der Waals surface area contributed by atoms with E-state index in [0.29, 0.717) is 6.42 Å². The number of amides is 1. The van der Waals surface area contributed by atoms with Gasteiger partial charge in [-0.15, -0.1) is 0 Å². The fourth-order valence-corrected chi connectivity index (χ4v) is 8.67. The number of ether oxygens (including phenoxy) is 2. The lowest BCUT2D eigenvalue weighted by Gasteiger charge is -2.33. The normalized spacial score (nSPS) is 22.3. The van der Waals surface area contributed by atoms with E-state index in [1.165, 1.54) is 11.2 Å². The van der Waals surface area contributed by atoms with Gasteiger partial charge in [-0.1, -0.05) is 25.5 Å². The Bertz CT molecular complexity index is 484. The third kappa shape index (κ3) is 3.23. The molecule has 0 bridgehead atoms. The molecule has 5 heteroatoms. The van der Waals surface area contributed by atoms with Crippen molar-refractivity contribution in [3.05, 3.63) is 18.2 Å². The highest BCUT2D eigenvalue weighted by Gasteiger charge is 2.40. The summed E-state index contributed by atoms with van der Waals surface area (Å²) < 4.78 is 11.3. The van der Waals surface area contributed by atoms with Gasteiger partial charge in [-0.2, -0.15) is 0 Å². The largest absolute Gasteiger partial charge is 0.497 e. The van der Waals surface area contributed by atoms with Gasteiger partial charge in [0.1, 0.15) is 11.5 Å². The fourth-order valence-electron chi connectivity index (χ4n) is 3.48. The van der Waals surface area contributed by atoms with Gasteiger partial charge in [0.15, 0.2) is 0 Å². The first-order valence-corrected chi connectivity index (χ1v) is 10.3. The van der Waals surface area contributed by atoms with Crippen LogP contribution in [0.3, 0.4) is 0 Å². The predicted octanol–water partition coefficient (Wildman–Crippen LogP) is 2.29. The van der Waals surface area contributed by atoms with Crippen molar-refractivity contribution < 1.29 is 14.3 Å². The summed E-state index contributed by atoms with van der Waals surface area (Å²) in [7, 11) is 1.61. The van der Waals surface area contributed by atoms with Crippen LogP contribution in [0.5, 0.6) is 11.5 Å². The standard InChI is InChI=1S/C16H25NO3Si/c1-4-10-21(11-8-15(18)17-9-12-21)16-13(19-2)6-5-7-14(16)20-3/h5-7H,4,8-12H2,1-3H3,(H,17,18). The molecule has 0 aromatic heterocycles. The van der Waals surface area contributed by atoms with Gasteiger partial charge >= 0.3 is 0 Å². The summed E-state index contributed by atoms with van der Waals surface area (Å²) in [6.07, 6.45) is 1.75. The van der Waals surface area contributed by atoms with E-state index in [1.54, 1.807) is 14.2 Å². The summed E-state index contributed by atoms with van der Waals surface area (Å²) in [5.74, 6) is 2.02. The van der Waals surface area contributed by atoms with E-state index in [1.807, 2.05) is 18.2 Å². The molecule has 0 spiro atoms. The third-order valence-corrected chi connectivity index (χ3v) is 9.87. The van der Waals surface area contributed by atoms with Crippen molar-refractivity contribution in [3.8, 4) is 11.5 Å². The molecule has 0 aliphatic carbocycles. The number of carbonyl (C=O) groups is 1. The molecule has 1 amide bonds. The fraction of sp³-hybridized carbons (Fsp3) is 0.562. The van der Waals surface area contributed by atoms with Crippen LogP contribution >= 0.6 is 0 Å². The van der Waals surface area contributed by atoms with Gasteiger partial charge in [-0.3, -0.25) is 4.79 Å². The molecule has 21 heavy (non-hydrogen) atoms. The van der Waals surface area contributed by atoms with Crippen molar-refractivity contribution in [1.82, 2.24) is 5.32 Å². The van der Waals surface area contributed by atoms with Crippen LogP contribution in [0.25, 0.3) is 0 Å². The molecule has 1 atom stereocenters. The zero-order valence-corrected chi connectivity index (χ0v) is 14.2. The van der Waals surface area contributed by atoms with Crippen LogP contribution in [0.2, 0.25) is 18.1 Å². The summed E-state index contributed by atoms with van der Waals surface area (Å²) in [6, 6.07) is 9.20. The molecule has 1 saturated heterocycles. The van der Waals surface area contributed by atoms with Crippen molar-refractivity contribution in [3.63, 3.8) is 0 Å². The molecule has 4 nitrogen and oxygen atoms in total. The minimum Gasteiger partial charge on any atom is -0.497 e. The lowest BCUT2D eigenvalue weighted by Crippen LogP contribution is -2.49. The minimum absolute atomic E-state index is 0.175. The maximum atomic E-state index is 11.8. The summed E-state index contributed by atoms with van der Waals surface area (Å²) in [5, 5.41) is 4.27. The van der Waals surface area contributed by atoms with Crippen LogP contribution in [0.1, 0.15) is 19.8 Å². The molecular formula is C16H25NO3Si. The Morgan fingerprint density at radius 1 is 1.19 bits per heavy atom. The number of benzene rings is 1. The summed E-state index contributed by atoms with van der Waals surface area (Å²) in [6.45, 7) is 2.99. The molecule has 1 unspecified atom stereocenters. The molecule has 0 radical (unpaired) electrons. The Balaban J connectivity index is 2.53. The topological polar surface area (TPSA) is 47.6 Å². The van der Waals surface area contributed by atoms with E-state index in [-0.39, 0.29) is 5.91 Å². The Morgan fingerprint density at radius 2 is 1.86 bits per heavy atom. The van der Waals surface area contributed by atoms with E-state index < -0.39 is 8.07 Å². The first-order chi connectivity index (χ1) is 10.2. The minimum atomic E-state index is -1.82. The van der Waals surface area contributed by atoms with Crippen molar-refractivity contribution in [2.45, 2.75) is 37.9 Å². The van der Waals surface area contributed by atoms with Crippen molar-refractivity contribution >= 4 is 19.2 Å². The van der Waals surface area contributed by atoms with Gasteiger partial charge in [-0.05, 0) is 24.2 Å². The first-order valence-electron chi connectivity index (χ1n) is 7.65. The molecule has 1 heterocycles. The molecule has 1 aliphatic rings. The van der Waals surface area contributed by atoms with E-state index in [2.05, 4.69) is 12.2 Å². The van der Waals surface area contributed by atoms with E-state index in [4.69, 9.17) is 9.47 Å². The Morgan fingerprint density at radius 3 is 2.43 bits per heavy atom. The smallest absolute Gasteiger partial charge is 0.219 e. The maximum absolute atomic E-state index is 11.8. The number of hydrogen-bond donors (Lipinski definition) is 1. The highest BCUT2D eigenvalue weighted by Crippen LogP contribution is 2.33. The summed E-state index contributed by atoms with van der Waals surface area (Å²) in [4.78, 5) is 11.8. The molecule has 2 rings (SSSR count). The van der Waals surface area contributed by atoms with Gasteiger partial charge in [0.05, 0.1) is 22.3 Å². The van der Waals surface area contributed by atoms with Crippen LogP contribution in [0.4, 0.5) is 0 Å². The molecule has 1 aliphatic heterocycles. The Hall–Kier alpha value is -1.49. The number of methoxy groups -OCH3 is 2. The maximum Gasteiger partial charge on any atom is 0.219 e. The second-order valence-electron chi connectivity index (χ2n) is 5.67. The second kappa shape index (κ2) is 6.98. The van der Waals surface area contributed by atoms with Gasteiger partial charge in [0, 0.05) is 18.2 Å². The Kier molecular flexibility index (Phi) is 5.28. The molecule has 116 valence electrons. The van der Waals surface area contributed by atoms with Crippen molar-refractivity contribution in [2.24, 2.45) is 0 Å². The van der Waals surface area contributed by atoms with E-state index in [0.717, 1.165) is 36.6 Å². The molecule has 1 fully saturated rings. The number of carbonyl (C=O) groups excluding carboxylic acids is 1. The van der Waals surface area contributed by atoms with Crippen LogP contribution in [-0.2, 0) is 4.79 Å². The van der Waals surface area contributed by atoms with Gasteiger partial charge < -0.3 is 14.8 Å². The van der Waals surface area contributed by atoms with Crippen LogP contribution in [0, 0.1) is 0 Å². The SMILES string of the molecule is CCC[Si]1(c2c(OC)cccc2OC)CCNC(=O)CC1. The average Bonchev–Trinajstić information content (AvgIpc) is 2.69. The lowest BCUT2D eigenvalue weighted by atomic mass is 10.3. The predicted molar refractivity (Wildman–Crippen MR) is 87.3 cm³/mol. The van der Waals surface area contributed by atoms with Gasteiger partial charge in [-0.25, -0.2) is 0 Å². The van der Waals surface area contributed by atoms with E-state index in [9.17, 15) is 4.79 Å². The van der Waals surface area contributed by atoms with Gasteiger partial charge in [0.2, 0.25) is 5.91 Å². The Labute approximate surface area is 127 Å². The zero-order valence-electron chi connectivity index (χ0n) is 13.2. The second-order valence-corrected chi connectivity index (χ2v) is 10.2. The van der Waals surface area contributed by atoms with Crippen molar-refractivity contribution in [2.75, 3.05) is 20.8 Å². The molecule has 0 saturated carbocycles. The lowest BCUT2D eigenvalue weighted by molar-refractivity contribution is -0.120. The van der Waals surface area contributed by atoms with Crippen LogP contribution < -0.4 is 20.0 Å². The zero-order chi connectivity index (χ0) is 15.3. The average molecular weight is 307 g/mol. The molecule has 1 aromatic carbocycles. The number of hydrogen-bond acceptors (Lipinski definition) is 3. The summed E-state index contributed by atoms with van der Waals surface area (Å²) in [5.41, 5.74) is 0. The van der Waals surface area contributed by atoms with Crippen LogP contribution in [0.15, 0.2) is 18.2 Å². The number of nitrogens with one attached hydrogen (secondary N) is 1. The van der Waals surface area contributed by atoms with E-state index >= 15 is 0 Å². The third-order valence-electron chi connectivity index (χ3n) is 4.44. The van der Waals surface area contributed by atoms with Crippen LogP contribution in [-0.4, -0.2) is 34.7 Å². The number of rotatable bonds is 5. The highest BCUT2D eigenvalue weighted by molar-refractivity contribution is 6.93. The monoisotopic (exact) mass is 307 g/mol. The van der Waals surface area contributed by atoms with Gasteiger partial charge in [0.25, 0.3) is 0 Å². The quantitative estimate of drug-likeness (QED) is 0.849. The molecular weight excluding hydrogens is 282 g/mol. The summed E-state index contributed by atoms with van der Waals surface area (Å²) >= 11 is 0. The molecule has 1 N–H and O–H groups in total. The first kappa shape index (κ1) is 15.9. The highest BCUT2D eigenvalue weighted by atomic mass is 28.3. The van der Waals surface area contributed by atoms with Crippen molar-refractivity contribution in [1.29, 1.82) is 0 Å². The molecule has 1 aromatic rings.